The van der Waals surface area contributed by atoms with Gasteiger partial charge in [-0.05, 0) is 18.1 Å². The molecule has 1 aromatic rings. The van der Waals surface area contributed by atoms with Crippen LogP contribution in [0.4, 0.5) is 11.4 Å². The minimum absolute atomic E-state index is 0.0741. The molecule has 5 heteroatoms. The molecule has 4 nitrogen and oxygen atoms in total. The van der Waals surface area contributed by atoms with E-state index in [1.165, 1.54) is 4.90 Å². The van der Waals surface area contributed by atoms with Gasteiger partial charge in [-0.15, -0.1) is 0 Å². The molecule has 1 heterocycles. The van der Waals surface area contributed by atoms with Crippen molar-refractivity contribution in [3.8, 4) is 0 Å². The van der Waals surface area contributed by atoms with Gasteiger partial charge < -0.3 is 5.32 Å². The predicted molar refractivity (Wildman–Crippen MR) is 75.0 cm³/mol. The Bertz CT molecular complexity index is 488. The number of nitrogens with one attached hydrogen (secondary N) is 1. The number of para-hydroxylation sites is 2. The molecule has 18 heavy (non-hydrogen) atoms. The molecule has 0 radical (unpaired) electrons. The summed E-state index contributed by atoms with van der Waals surface area (Å²) in [6.45, 7) is 4.01. The zero-order valence-electron chi connectivity index (χ0n) is 10.3. The summed E-state index contributed by atoms with van der Waals surface area (Å²) in [6.07, 6.45) is 0. The van der Waals surface area contributed by atoms with Gasteiger partial charge in [0.25, 0.3) is 0 Å². The van der Waals surface area contributed by atoms with Crippen molar-refractivity contribution < 1.29 is 9.59 Å². The van der Waals surface area contributed by atoms with E-state index in [-0.39, 0.29) is 29.1 Å². The summed E-state index contributed by atoms with van der Waals surface area (Å²) in [5, 5.41) is 2.76. The zero-order valence-corrected chi connectivity index (χ0v) is 11.9. The van der Waals surface area contributed by atoms with Gasteiger partial charge in [-0.3, -0.25) is 14.5 Å². The van der Waals surface area contributed by atoms with E-state index in [1.807, 2.05) is 32.0 Å². The van der Waals surface area contributed by atoms with Crippen LogP contribution in [0.3, 0.4) is 0 Å². The van der Waals surface area contributed by atoms with Crippen LogP contribution in [0.1, 0.15) is 13.8 Å². The van der Waals surface area contributed by atoms with Crippen molar-refractivity contribution in [2.75, 3.05) is 16.8 Å². The standard InChI is InChI=1S/C13H15BrN2O2/c1-8(2)12(14)13(18)16-7-11(17)15-9-5-3-4-6-10(9)16/h3-6,8,12H,7H2,1-2H3,(H,15,17)/t12-/m0/s1. The maximum absolute atomic E-state index is 12.3. The molecule has 2 rings (SSSR count). The summed E-state index contributed by atoms with van der Waals surface area (Å²) in [5.74, 6) is -0.0625. The van der Waals surface area contributed by atoms with E-state index in [9.17, 15) is 9.59 Å². The molecule has 2 amide bonds. The first-order chi connectivity index (χ1) is 8.50. The van der Waals surface area contributed by atoms with Gasteiger partial charge in [-0.1, -0.05) is 41.9 Å². The van der Waals surface area contributed by atoms with Gasteiger partial charge >= 0.3 is 0 Å². The van der Waals surface area contributed by atoms with Crippen LogP contribution in [0.15, 0.2) is 24.3 Å². The number of anilines is 2. The van der Waals surface area contributed by atoms with Crippen LogP contribution >= 0.6 is 15.9 Å². The Kier molecular flexibility index (Phi) is 3.71. The predicted octanol–water partition coefficient (Wildman–Crippen LogP) is 2.39. The summed E-state index contributed by atoms with van der Waals surface area (Å²) in [4.78, 5) is 25.2. The highest BCUT2D eigenvalue weighted by Gasteiger charge is 2.31. The van der Waals surface area contributed by atoms with E-state index < -0.39 is 0 Å². The van der Waals surface area contributed by atoms with E-state index in [2.05, 4.69) is 21.2 Å². The second-order valence-corrected chi connectivity index (χ2v) is 5.62. The molecular weight excluding hydrogens is 296 g/mol. The number of carbonyl (C=O) groups excluding carboxylic acids is 2. The van der Waals surface area contributed by atoms with E-state index >= 15 is 0 Å². The first-order valence-corrected chi connectivity index (χ1v) is 6.76. The summed E-state index contributed by atoms with van der Waals surface area (Å²) < 4.78 is 0. The first-order valence-electron chi connectivity index (χ1n) is 5.85. The molecule has 0 fully saturated rings. The second kappa shape index (κ2) is 5.10. The molecule has 0 saturated heterocycles. The van der Waals surface area contributed by atoms with Gasteiger partial charge in [0.1, 0.15) is 6.54 Å². The van der Waals surface area contributed by atoms with Crippen molar-refractivity contribution in [1.82, 2.24) is 0 Å². The fraction of sp³-hybridized carbons (Fsp3) is 0.385. The molecule has 1 N–H and O–H groups in total. The summed E-state index contributed by atoms with van der Waals surface area (Å²) in [6, 6.07) is 7.33. The minimum Gasteiger partial charge on any atom is -0.323 e. The summed E-state index contributed by atoms with van der Waals surface area (Å²) >= 11 is 3.39. The number of halogens is 1. The maximum atomic E-state index is 12.3. The maximum Gasteiger partial charge on any atom is 0.244 e. The summed E-state index contributed by atoms with van der Waals surface area (Å²) in [5.41, 5.74) is 1.44. The van der Waals surface area contributed by atoms with Gasteiger partial charge in [0.2, 0.25) is 11.8 Å². The van der Waals surface area contributed by atoms with Gasteiger partial charge in [0.15, 0.2) is 0 Å². The number of hydrogen-bond donors (Lipinski definition) is 1. The fourth-order valence-electron chi connectivity index (χ4n) is 1.86. The highest BCUT2D eigenvalue weighted by molar-refractivity contribution is 9.10. The summed E-state index contributed by atoms with van der Waals surface area (Å²) in [7, 11) is 0. The second-order valence-electron chi connectivity index (χ2n) is 4.64. The van der Waals surface area contributed by atoms with Crippen molar-refractivity contribution in [2.45, 2.75) is 18.7 Å². The molecule has 0 spiro atoms. The van der Waals surface area contributed by atoms with Crippen LogP contribution < -0.4 is 10.2 Å². The highest BCUT2D eigenvalue weighted by atomic mass is 79.9. The Morgan fingerprint density at radius 2 is 2.06 bits per heavy atom. The van der Waals surface area contributed by atoms with Gasteiger partial charge in [0.05, 0.1) is 16.2 Å². The Hall–Kier alpha value is -1.36. The van der Waals surface area contributed by atoms with E-state index in [0.717, 1.165) is 5.69 Å². The highest BCUT2D eigenvalue weighted by Crippen LogP contribution is 2.30. The SMILES string of the molecule is CC(C)[C@H](Br)C(=O)N1CC(=O)Nc2ccccc21. The number of fused-ring (bicyclic) bond motifs is 1. The molecule has 1 aliphatic rings. The van der Waals surface area contributed by atoms with E-state index in [0.29, 0.717) is 5.69 Å². The minimum atomic E-state index is -0.281. The van der Waals surface area contributed by atoms with Crippen LogP contribution in [-0.4, -0.2) is 23.2 Å². The van der Waals surface area contributed by atoms with Crippen molar-refractivity contribution in [1.29, 1.82) is 0 Å². The van der Waals surface area contributed by atoms with Crippen molar-refractivity contribution in [3.63, 3.8) is 0 Å². The molecule has 1 aliphatic heterocycles. The molecule has 0 aliphatic carbocycles. The van der Waals surface area contributed by atoms with Crippen molar-refractivity contribution in [3.05, 3.63) is 24.3 Å². The Balaban J connectivity index is 2.34. The third-order valence-corrected chi connectivity index (χ3v) is 4.31. The number of nitrogens with zero attached hydrogens (tertiary/aromatic N) is 1. The lowest BCUT2D eigenvalue weighted by atomic mass is 10.1. The van der Waals surface area contributed by atoms with Crippen LogP contribution in [0.2, 0.25) is 0 Å². The molecule has 0 bridgehead atoms. The topological polar surface area (TPSA) is 49.4 Å². The van der Waals surface area contributed by atoms with Gasteiger partial charge in [0, 0.05) is 0 Å². The Labute approximate surface area is 114 Å². The Morgan fingerprint density at radius 1 is 1.39 bits per heavy atom. The molecule has 0 saturated carbocycles. The van der Waals surface area contributed by atoms with Crippen LogP contribution in [0, 0.1) is 5.92 Å². The number of carbonyl (C=O) groups is 2. The Morgan fingerprint density at radius 3 is 2.72 bits per heavy atom. The smallest absolute Gasteiger partial charge is 0.244 e. The average Bonchev–Trinajstić information content (AvgIpc) is 2.35. The lowest BCUT2D eigenvalue weighted by Gasteiger charge is -2.31. The molecule has 1 atom stereocenters. The van der Waals surface area contributed by atoms with Crippen LogP contribution in [-0.2, 0) is 9.59 Å². The normalized spacial score (nSPS) is 16.2. The van der Waals surface area contributed by atoms with E-state index in [1.54, 1.807) is 6.07 Å². The van der Waals surface area contributed by atoms with Crippen molar-refractivity contribution in [2.24, 2.45) is 5.92 Å². The molecule has 1 aromatic carbocycles. The molecular formula is C13H15BrN2O2. The number of alkyl halides is 1. The van der Waals surface area contributed by atoms with Crippen LogP contribution in [0.25, 0.3) is 0 Å². The lowest BCUT2D eigenvalue weighted by Crippen LogP contribution is -2.46. The number of benzene rings is 1. The molecule has 0 aromatic heterocycles. The average molecular weight is 311 g/mol. The van der Waals surface area contributed by atoms with Gasteiger partial charge in [-0.2, -0.15) is 0 Å². The first kappa shape index (κ1) is 13.1. The largest absolute Gasteiger partial charge is 0.323 e. The quantitative estimate of drug-likeness (QED) is 0.853. The lowest BCUT2D eigenvalue weighted by molar-refractivity contribution is -0.121. The van der Waals surface area contributed by atoms with Crippen molar-refractivity contribution >= 4 is 39.1 Å². The van der Waals surface area contributed by atoms with Crippen LogP contribution in [0.5, 0.6) is 0 Å². The molecule has 96 valence electrons. The third kappa shape index (κ3) is 2.41. The number of amides is 2. The van der Waals surface area contributed by atoms with Gasteiger partial charge in [-0.25, -0.2) is 0 Å². The third-order valence-electron chi connectivity index (χ3n) is 2.86. The monoisotopic (exact) mass is 310 g/mol. The zero-order chi connectivity index (χ0) is 13.3. The van der Waals surface area contributed by atoms with E-state index in [4.69, 9.17) is 0 Å². The fourth-order valence-corrected chi connectivity index (χ4v) is 2.11. The number of hydrogen-bond acceptors (Lipinski definition) is 2. The molecule has 0 unspecified atom stereocenters. The number of rotatable bonds is 2.